The molecular weight excluding hydrogens is 466 g/mol. The van der Waals surface area contributed by atoms with Crippen molar-refractivity contribution < 1.29 is 24.5 Å². The van der Waals surface area contributed by atoms with Crippen molar-refractivity contribution in [2.24, 2.45) is 5.41 Å². The number of ether oxygens (including phenoxy) is 1. The van der Waals surface area contributed by atoms with Gasteiger partial charge in [0.2, 0.25) is 5.91 Å². The van der Waals surface area contributed by atoms with E-state index in [4.69, 9.17) is 9.84 Å². The van der Waals surface area contributed by atoms with Gasteiger partial charge in [-0.3, -0.25) is 4.79 Å². The van der Waals surface area contributed by atoms with Gasteiger partial charge in [-0.25, -0.2) is 4.79 Å². The van der Waals surface area contributed by atoms with Crippen LogP contribution < -0.4 is 5.32 Å². The fourth-order valence-corrected chi connectivity index (χ4v) is 3.17. The number of amides is 1. The first-order valence-corrected chi connectivity index (χ1v) is 13.6. The highest BCUT2D eigenvalue weighted by molar-refractivity contribution is 5.83. The van der Waals surface area contributed by atoms with E-state index in [1.165, 1.54) is 51.0 Å². The maximum atomic E-state index is 11.9. The van der Waals surface area contributed by atoms with Gasteiger partial charge in [-0.1, -0.05) is 126 Å². The molecule has 0 rings (SSSR count). The van der Waals surface area contributed by atoms with Gasteiger partial charge in [0.1, 0.15) is 6.10 Å². The second-order valence-electron chi connectivity index (χ2n) is 9.60. The van der Waals surface area contributed by atoms with Crippen LogP contribution in [0.1, 0.15) is 78.6 Å². The second-order valence-corrected chi connectivity index (χ2v) is 9.60. The Hall–Kier alpha value is -2.70. The van der Waals surface area contributed by atoms with Crippen LogP contribution in [0.15, 0.2) is 72.9 Å². The minimum atomic E-state index is -1.33. The molecule has 0 aromatic heterocycles. The van der Waals surface area contributed by atoms with Crippen LogP contribution in [-0.4, -0.2) is 48.0 Å². The molecule has 0 aromatic rings. The molecule has 0 aliphatic rings. The van der Waals surface area contributed by atoms with Crippen molar-refractivity contribution in [3.05, 3.63) is 72.9 Å². The zero-order chi connectivity index (χ0) is 27.6. The highest BCUT2D eigenvalue weighted by Crippen LogP contribution is 2.21. The Morgan fingerprint density at radius 2 is 1.35 bits per heavy atom. The molecule has 0 aliphatic carbocycles. The number of aliphatic hydroxyl groups is 2. The van der Waals surface area contributed by atoms with Crippen molar-refractivity contribution in [1.82, 2.24) is 5.32 Å². The Morgan fingerprint density at radius 1 is 0.811 bits per heavy atom. The van der Waals surface area contributed by atoms with Gasteiger partial charge in [0.25, 0.3) is 0 Å². The summed E-state index contributed by atoms with van der Waals surface area (Å²) in [5.74, 6) is -1.11. The first-order valence-electron chi connectivity index (χ1n) is 13.6. The van der Waals surface area contributed by atoms with Gasteiger partial charge in [-0.15, -0.1) is 0 Å². The summed E-state index contributed by atoms with van der Waals surface area (Å²) >= 11 is 0. The fourth-order valence-electron chi connectivity index (χ4n) is 3.17. The predicted molar refractivity (Wildman–Crippen MR) is 153 cm³/mol. The van der Waals surface area contributed by atoms with Gasteiger partial charge in [0.15, 0.2) is 0 Å². The summed E-state index contributed by atoms with van der Waals surface area (Å²) in [6.07, 6.45) is 31.9. The average molecular weight is 516 g/mol. The average Bonchev–Trinajstić information content (AvgIpc) is 2.88. The van der Waals surface area contributed by atoms with Crippen molar-refractivity contribution in [3.8, 4) is 0 Å². The van der Waals surface area contributed by atoms with E-state index in [1.54, 1.807) is 32.1 Å². The van der Waals surface area contributed by atoms with Crippen LogP contribution in [-0.2, 0) is 14.3 Å². The molecule has 3 N–H and O–H groups in total. The summed E-state index contributed by atoms with van der Waals surface area (Å²) in [6.45, 7) is 5.65. The number of carbonyl (C=O) groups is 2. The van der Waals surface area contributed by atoms with Crippen molar-refractivity contribution in [3.63, 3.8) is 0 Å². The van der Waals surface area contributed by atoms with Gasteiger partial charge in [0, 0.05) is 24.6 Å². The van der Waals surface area contributed by atoms with Crippen LogP contribution in [0.3, 0.4) is 0 Å². The molecule has 0 saturated heterocycles. The standard InChI is InChI=1S/C31H49NO5/c1-4-5-6-7-8-9-10-11-12-13-14-15-16-17-18-19-20-21-22-24-28(34)37-27-31(2,3)29(35)30(36)32-25-23-26-33/h12-22,24,29,33,35H,4-11,23,25-27H2,1-3H3,(H,32,36). The molecule has 1 atom stereocenters. The molecular formula is C31H49NO5. The maximum absolute atomic E-state index is 11.9. The molecule has 208 valence electrons. The number of hydrogen-bond donors (Lipinski definition) is 3. The van der Waals surface area contributed by atoms with Crippen molar-refractivity contribution in [2.45, 2.75) is 84.7 Å². The lowest BCUT2D eigenvalue weighted by Gasteiger charge is -2.28. The Bertz CT molecular complexity index is 774. The van der Waals surface area contributed by atoms with E-state index in [0.717, 1.165) is 6.42 Å². The van der Waals surface area contributed by atoms with Crippen LogP contribution in [0.2, 0.25) is 0 Å². The van der Waals surface area contributed by atoms with Crippen LogP contribution in [0, 0.1) is 5.41 Å². The van der Waals surface area contributed by atoms with E-state index in [0.29, 0.717) is 6.42 Å². The third-order valence-electron chi connectivity index (χ3n) is 5.55. The summed E-state index contributed by atoms with van der Waals surface area (Å²) in [7, 11) is 0. The van der Waals surface area contributed by atoms with E-state index in [2.05, 4.69) is 24.4 Å². The summed E-state index contributed by atoms with van der Waals surface area (Å²) in [6, 6.07) is 0. The second kappa shape index (κ2) is 23.7. The van der Waals surface area contributed by atoms with Crippen molar-refractivity contribution in [2.75, 3.05) is 19.8 Å². The van der Waals surface area contributed by atoms with Gasteiger partial charge < -0.3 is 20.3 Å². The number of allylic oxidation sites excluding steroid dienone is 11. The SMILES string of the molecule is CCCCCCCCCC=CC=CC=CC=CC=CC=CC(=O)OCC(C)(C)C(O)C(=O)NCCCO. The van der Waals surface area contributed by atoms with Crippen LogP contribution in [0.4, 0.5) is 0 Å². The number of aliphatic hydroxyl groups excluding tert-OH is 2. The number of hydrogen-bond acceptors (Lipinski definition) is 5. The van der Waals surface area contributed by atoms with Crippen molar-refractivity contribution >= 4 is 11.9 Å². The van der Waals surface area contributed by atoms with Crippen molar-refractivity contribution in [1.29, 1.82) is 0 Å². The van der Waals surface area contributed by atoms with E-state index in [-0.39, 0.29) is 19.8 Å². The Labute approximate surface area is 224 Å². The van der Waals surface area contributed by atoms with E-state index in [1.807, 2.05) is 36.5 Å². The molecule has 1 unspecified atom stereocenters. The normalized spacial score (nSPS) is 13.8. The smallest absolute Gasteiger partial charge is 0.330 e. The van der Waals surface area contributed by atoms with Gasteiger partial charge in [-0.05, 0) is 19.3 Å². The third kappa shape index (κ3) is 21.1. The summed E-state index contributed by atoms with van der Waals surface area (Å²) in [4.78, 5) is 23.8. The molecule has 0 fully saturated rings. The third-order valence-corrected chi connectivity index (χ3v) is 5.55. The number of carbonyl (C=O) groups excluding carboxylic acids is 2. The van der Waals surface area contributed by atoms with Gasteiger partial charge in [-0.2, -0.15) is 0 Å². The zero-order valence-electron chi connectivity index (χ0n) is 23.1. The van der Waals surface area contributed by atoms with Crippen LogP contribution in [0.25, 0.3) is 0 Å². The summed E-state index contributed by atoms with van der Waals surface area (Å²) in [5.41, 5.74) is -0.949. The summed E-state index contributed by atoms with van der Waals surface area (Å²) in [5, 5.41) is 21.5. The van der Waals surface area contributed by atoms with Crippen LogP contribution >= 0.6 is 0 Å². The fraction of sp³-hybridized carbons (Fsp3) is 0.548. The number of nitrogens with one attached hydrogen (secondary N) is 1. The molecule has 0 aliphatic heterocycles. The molecule has 0 aromatic carbocycles. The van der Waals surface area contributed by atoms with E-state index < -0.39 is 23.4 Å². The molecule has 0 heterocycles. The summed E-state index contributed by atoms with van der Waals surface area (Å²) < 4.78 is 5.16. The quantitative estimate of drug-likeness (QED) is 0.0766. The van der Waals surface area contributed by atoms with Gasteiger partial charge >= 0.3 is 5.97 Å². The minimum Gasteiger partial charge on any atom is -0.462 e. The number of unbranched alkanes of at least 4 members (excludes halogenated alkanes) is 7. The molecule has 0 bridgehead atoms. The lowest BCUT2D eigenvalue weighted by molar-refractivity contribution is -0.149. The largest absolute Gasteiger partial charge is 0.462 e. The lowest BCUT2D eigenvalue weighted by Crippen LogP contribution is -2.46. The minimum absolute atomic E-state index is 0.0424. The molecule has 37 heavy (non-hydrogen) atoms. The van der Waals surface area contributed by atoms with E-state index in [9.17, 15) is 14.7 Å². The monoisotopic (exact) mass is 515 g/mol. The highest BCUT2D eigenvalue weighted by Gasteiger charge is 2.34. The molecule has 0 saturated carbocycles. The zero-order valence-corrected chi connectivity index (χ0v) is 23.1. The first kappa shape index (κ1) is 34.3. The predicted octanol–water partition coefficient (Wildman–Crippen LogP) is 5.89. The topological polar surface area (TPSA) is 95.9 Å². The molecule has 0 spiro atoms. The van der Waals surface area contributed by atoms with Crippen LogP contribution in [0.5, 0.6) is 0 Å². The number of esters is 1. The first-order chi connectivity index (χ1) is 17.8. The highest BCUT2D eigenvalue weighted by atomic mass is 16.5. The van der Waals surface area contributed by atoms with Gasteiger partial charge in [0.05, 0.1) is 6.61 Å². The maximum Gasteiger partial charge on any atom is 0.330 e. The molecule has 6 heteroatoms. The Morgan fingerprint density at radius 3 is 1.95 bits per heavy atom. The molecule has 1 amide bonds. The van der Waals surface area contributed by atoms with E-state index >= 15 is 0 Å². The Kier molecular flexibility index (Phi) is 22.0. The lowest BCUT2D eigenvalue weighted by atomic mass is 9.87. The molecule has 0 radical (unpaired) electrons. The Balaban J connectivity index is 4.06. The number of rotatable bonds is 21. The molecule has 6 nitrogen and oxygen atoms in total.